The number of esters is 1. The average Bonchev–Trinajstić information content (AvgIpc) is 3.38. The average molecular weight is 467 g/mol. The Bertz CT molecular complexity index is 1380. The highest BCUT2D eigenvalue weighted by atomic mass is 16.5. The van der Waals surface area contributed by atoms with E-state index in [0.717, 1.165) is 49.5 Å². The van der Waals surface area contributed by atoms with E-state index < -0.39 is 0 Å². The molecule has 7 nitrogen and oxygen atoms in total. The Labute approximate surface area is 204 Å². The number of ether oxygens (including phenoxy) is 2. The van der Waals surface area contributed by atoms with Crippen LogP contribution in [0.25, 0.3) is 22.3 Å². The van der Waals surface area contributed by atoms with E-state index in [0.29, 0.717) is 28.9 Å². The molecule has 0 amide bonds. The summed E-state index contributed by atoms with van der Waals surface area (Å²) in [6, 6.07) is 18.0. The van der Waals surface area contributed by atoms with Crippen molar-refractivity contribution >= 4 is 17.0 Å². The molecular weight excluding hydrogens is 440 g/mol. The fourth-order valence-corrected chi connectivity index (χ4v) is 4.03. The van der Waals surface area contributed by atoms with Gasteiger partial charge in [-0.3, -0.25) is 10.00 Å². The molecule has 176 valence electrons. The van der Waals surface area contributed by atoms with Gasteiger partial charge in [0.25, 0.3) is 0 Å². The SMILES string of the molecule is CCOC(=O)c1cc(-c2ccc(C#Cc3ccc(CN4CCOCC4)cc3)cc2)nc2[nH]ncc12. The van der Waals surface area contributed by atoms with Crippen molar-refractivity contribution in [2.75, 3.05) is 32.9 Å². The lowest BCUT2D eigenvalue weighted by Crippen LogP contribution is -2.35. The lowest BCUT2D eigenvalue weighted by molar-refractivity contribution is 0.0342. The summed E-state index contributed by atoms with van der Waals surface area (Å²) < 4.78 is 10.6. The number of benzene rings is 2. The van der Waals surface area contributed by atoms with Crippen LogP contribution >= 0.6 is 0 Å². The molecule has 0 unspecified atom stereocenters. The number of morpholine rings is 1. The number of pyridine rings is 1. The molecule has 0 spiro atoms. The van der Waals surface area contributed by atoms with Gasteiger partial charge in [-0.25, -0.2) is 9.78 Å². The summed E-state index contributed by atoms with van der Waals surface area (Å²) in [7, 11) is 0. The molecule has 2 aromatic carbocycles. The quantitative estimate of drug-likeness (QED) is 0.353. The third-order valence-electron chi connectivity index (χ3n) is 5.91. The van der Waals surface area contributed by atoms with Crippen molar-refractivity contribution in [2.24, 2.45) is 0 Å². The van der Waals surface area contributed by atoms with Gasteiger partial charge >= 0.3 is 5.97 Å². The van der Waals surface area contributed by atoms with Gasteiger partial charge < -0.3 is 9.47 Å². The molecule has 0 bridgehead atoms. The standard InChI is InChI=1S/C28H26N4O3/c1-2-35-28(33)24-17-26(30-27-25(24)18-29-31-27)23-11-9-21(10-12-23)4-3-20-5-7-22(8-6-20)19-32-13-15-34-16-14-32/h5-12,17-18H,2,13-16,19H2,1H3,(H,29,30,31). The van der Waals surface area contributed by atoms with Gasteiger partial charge in [0, 0.05) is 36.3 Å². The molecule has 5 rings (SSSR count). The van der Waals surface area contributed by atoms with Crippen molar-refractivity contribution in [3.8, 4) is 23.1 Å². The number of hydrogen-bond donors (Lipinski definition) is 1. The molecular formula is C28H26N4O3. The smallest absolute Gasteiger partial charge is 0.339 e. The summed E-state index contributed by atoms with van der Waals surface area (Å²) >= 11 is 0. The second-order valence-corrected chi connectivity index (χ2v) is 8.32. The molecule has 0 saturated carbocycles. The van der Waals surface area contributed by atoms with Crippen LogP contribution in [0.1, 0.15) is 34.0 Å². The first kappa shape index (κ1) is 22.8. The van der Waals surface area contributed by atoms with Crippen molar-refractivity contribution in [2.45, 2.75) is 13.5 Å². The van der Waals surface area contributed by atoms with Crippen LogP contribution in [-0.2, 0) is 16.0 Å². The zero-order valence-corrected chi connectivity index (χ0v) is 19.6. The number of carbonyl (C=O) groups is 1. The Morgan fingerprint density at radius 2 is 1.74 bits per heavy atom. The number of fused-ring (bicyclic) bond motifs is 1. The minimum absolute atomic E-state index is 0.305. The van der Waals surface area contributed by atoms with E-state index in [1.165, 1.54) is 5.56 Å². The Morgan fingerprint density at radius 3 is 2.43 bits per heavy atom. The number of nitrogens with one attached hydrogen (secondary N) is 1. The maximum atomic E-state index is 12.4. The molecule has 7 heteroatoms. The summed E-state index contributed by atoms with van der Waals surface area (Å²) in [6.07, 6.45) is 1.59. The van der Waals surface area contributed by atoms with Gasteiger partial charge in [0.05, 0.1) is 42.7 Å². The first-order valence-corrected chi connectivity index (χ1v) is 11.7. The van der Waals surface area contributed by atoms with Crippen molar-refractivity contribution in [1.29, 1.82) is 0 Å². The van der Waals surface area contributed by atoms with Crippen LogP contribution in [0.2, 0.25) is 0 Å². The zero-order valence-electron chi connectivity index (χ0n) is 19.6. The number of H-pyrrole nitrogens is 1. The van der Waals surface area contributed by atoms with Crippen LogP contribution in [-0.4, -0.2) is 59.0 Å². The first-order chi connectivity index (χ1) is 17.2. The lowest BCUT2D eigenvalue weighted by Gasteiger charge is -2.26. The molecule has 3 heterocycles. The number of hydrogen-bond acceptors (Lipinski definition) is 6. The molecule has 1 N–H and O–H groups in total. The number of carbonyl (C=O) groups excluding carboxylic acids is 1. The minimum atomic E-state index is -0.388. The van der Waals surface area contributed by atoms with E-state index in [9.17, 15) is 4.79 Å². The third-order valence-corrected chi connectivity index (χ3v) is 5.91. The molecule has 0 radical (unpaired) electrons. The normalized spacial score (nSPS) is 13.9. The Hall–Kier alpha value is -3.99. The molecule has 4 aromatic rings. The summed E-state index contributed by atoms with van der Waals surface area (Å²) in [4.78, 5) is 19.4. The molecule has 0 atom stereocenters. The molecule has 1 aliphatic heterocycles. The molecule has 2 aromatic heterocycles. The van der Waals surface area contributed by atoms with Crippen molar-refractivity contribution in [3.63, 3.8) is 0 Å². The van der Waals surface area contributed by atoms with E-state index in [1.54, 1.807) is 19.2 Å². The zero-order chi connectivity index (χ0) is 24.0. The lowest BCUT2D eigenvalue weighted by atomic mass is 10.0. The highest BCUT2D eigenvalue weighted by Gasteiger charge is 2.16. The van der Waals surface area contributed by atoms with E-state index in [-0.39, 0.29) is 5.97 Å². The van der Waals surface area contributed by atoms with E-state index in [2.05, 4.69) is 56.2 Å². The minimum Gasteiger partial charge on any atom is -0.462 e. The van der Waals surface area contributed by atoms with Crippen molar-refractivity contribution in [1.82, 2.24) is 20.1 Å². The number of aromatic nitrogens is 3. The van der Waals surface area contributed by atoms with Crippen molar-refractivity contribution < 1.29 is 14.3 Å². The van der Waals surface area contributed by atoms with E-state index in [1.807, 2.05) is 24.3 Å². The highest BCUT2D eigenvalue weighted by molar-refractivity contribution is 6.03. The van der Waals surface area contributed by atoms with E-state index in [4.69, 9.17) is 9.47 Å². The third kappa shape index (κ3) is 5.40. The molecule has 0 aliphatic carbocycles. The van der Waals surface area contributed by atoms with Gasteiger partial charge in [-0.05, 0) is 42.8 Å². The largest absolute Gasteiger partial charge is 0.462 e. The second kappa shape index (κ2) is 10.5. The topological polar surface area (TPSA) is 80.3 Å². The molecule has 1 aliphatic rings. The van der Waals surface area contributed by atoms with Crippen LogP contribution in [0.4, 0.5) is 0 Å². The van der Waals surface area contributed by atoms with Gasteiger partial charge in [-0.15, -0.1) is 0 Å². The summed E-state index contributed by atoms with van der Waals surface area (Å²) in [6.45, 7) is 6.60. The molecule has 1 fully saturated rings. The summed E-state index contributed by atoms with van der Waals surface area (Å²) in [5, 5.41) is 7.51. The predicted molar refractivity (Wildman–Crippen MR) is 134 cm³/mol. The highest BCUT2D eigenvalue weighted by Crippen LogP contribution is 2.24. The van der Waals surface area contributed by atoms with Crippen LogP contribution in [0.15, 0.2) is 60.8 Å². The van der Waals surface area contributed by atoms with Crippen LogP contribution in [0.5, 0.6) is 0 Å². The second-order valence-electron chi connectivity index (χ2n) is 8.32. The van der Waals surface area contributed by atoms with E-state index >= 15 is 0 Å². The van der Waals surface area contributed by atoms with Crippen LogP contribution < -0.4 is 0 Å². The van der Waals surface area contributed by atoms with Gasteiger partial charge in [-0.2, -0.15) is 5.10 Å². The Kier molecular flexibility index (Phi) is 6.85. The molecule has 1 saturated heterocycles. The summed E-state index contributed by atoms with van der Waals surface area (Å²) in [5.74, 6) is 6.07. The maximum absolute atomic E-state index is 12.4. The van der Waals surface area contributed by atoms with Gasteiger partial charge in [0.2, 0.25) is 0 Å². The van der Waals surface area contributed by atoms with Crippen LogP contribution in [0.3, 0.4) is 0 Å². The van der Waals surface area contributed by atoms with Gasteiger partial charge in [0.1, 0.15) is 0 Å². The summed E-state index contributed by atoms with van der Waals surface area (Å²) in [5.41, 5.74) is 5.70. The fraction of sp³-hybridized carbons (Fsp3) is 0.250. The van der Waals surface area contributed by atoms with Crippen LogP contribution in [0, 0.1) is 11.8 Å². The van der Waals surface area contributed by atoms with Gasteiger partial charge in [0.15, 0.2) is 5.65 Å². The van der Waals surface area contributed by atoms with Gasteiger partial charge in [-0.1, -0.05) is 36.1 Å². The monoisotopic (exact) mass is 466 g/mol. The van der Waals surface area contributed by atoms with Crippen molar-refractivity contribution in [3.05, 3.63) is 83.0 Å². The maximum Gasteiger partial charge on any atom is 0.339 e. The number of nitrogens with zero attached hydrogens (tertiary/aromatic N) is 3. The fourth-order valence-electron chi connectivity index (χ4n) is 4.03. The number of rotatable bonds is 5. The first-order valence-electron chi connectivity index (χ1n) is 11.7. The Morgan fingerprint density at radius 1 is 1.06 bits per heavy atom. The Balaban J connectivity index is 1.30. The number of aromatic amines is 1. The predicted octanol–water partition coefficient (Wildman–Crippen LogP) is 4.03. The molecule has 35 heavy (non-hydrogen) atoms.